The topological polar surface area (TPSA) is 64.0 Å². The van der Waals surface area contributed by atoms with Crippen LogP contribution in [0.1, 0.15) is 11.4 Å². The molecule has 0 bridgehead atoms. The van der Waals surface area contributed by atoms with Crippen molar-refractivity contribution in [3.63, 3.8) is 0 Å². The summed E-state index contributed by atoms with van der Waals surface area (Å²) in [6.45, 7) is 3.00. The van der Waals surface area contributed by atoms with E-state index in [0.29, 0.717) is 11.8 Å². The maximum atomic E-state index is 13.6. The zero-order valence-corrected chi connectivity index (χ0v) is 12.2. The summed E-state index contributed by atoms with van der Waals surface area (Å²) in [6.07, 6.45) is 0. The van der Waals surface area contributed by atoms with Gasteiger partial charge in [0.25, 0.3) is 10.0 Å². The highest BCUT2D eigenvalue weighted by molar-refractivity contribution is 7.92. The van der Waals surface area contributed by atoms with Crippen LogP contribution < -0.4 is 4.72 Å². The minimum Gasteiger partial charge on any atom is -0.276 e. The van der Waals surface area contributed by atoms with Crippen molar-refractivity contribution in [3.8, 4) is 0 Å². The number of hydrogen-bond acceptors (Lipinski definition) is 3. The summed E-state index contributed by atoms with van der Waals surface area (Å²) in [5, 5.41) is 3.94. The molecule has 0 saturated carbocycles. The molecule has 0 aliphatic rings. The third-order valence-corrected chi connectivity index (χ3v) is 4.61. The minimum absolute atomic E-state index is 0.130. The molecule has 0 saturated heterocycles. The zero-order chi connectivity index (χ0) is 15.9. The lowest BCUT2D eigenvalue weighted by Crippen LogP contribution is -2.16. The lowest BCUT2D eigenvalue weighted by atomic mass is 10.3. The normalized spacial score (nSPS) is 11.7. The monoisotopic (exact) mass is 319 g/mol. The predicted molar refractivity (Wildman–Crippen MR) is 69.8 cm³/mol. The molecule has 0 spiro atoms. The number of nitrogens with zero attached hydrogens (tertiary/aromatic N) is 2. The van der Waals surface area contributed by atoms with Crippen molar-refractivity contribution in [3.05, 3.63) is 41.0 Å². The lowest BCUT2D eigenvalue weighted by Gasteiger charge is -2.10. The first kappa shape index (κ1) is 15.4. The molecule has 1 heterocycles. The summed E-state index contributed by atoms with van der Waals surface area (Å²) in [7, 11) is -2.61. The molecule has 0 unspecified atom stereocenters. The number of aryl methyl sites for hydroxylation is 2. The van der Waals surface area contributed by atoms with Crippen LogP contribution in [0, 0.1) is 31.3 Å². The van der Waals surface area contributed by atoms with Gasteiger partial charge in [0.15, 0.2) is 17.5 Å². The number of halogens is 3. The molecule has 0 aliphatic carbocycles. The number of hydrogen-bond donors (Lipinski definition) is 1. The Hall–Kier alpha value is -2.03. The smallest absolute Gasteiger partial charge is 0.265 e. The molecule has 5 nitrogen and oxygen atoms in total. The van der Waals surface area contributed by atoms with Gasteiger partial charge >= 0.3 is 0 Å². The van der Waals surface area contributed by atoms with Crippen molar-refractivity contribution in [1.82, 2.24) is 9.78 Å². The van der Waals surface area contributed by atoms with Gasteiger partial charge in [-0.15, -0.1) is 0 Å². The third kappa shape index (κ3) is 2.60. The molecule has 2 rings (SSSR count). The molecule has 0 amide bonds. The number of benzene rings is 1. The molecular formula is C12H12F3N3O2S. The van der Waals surface area contributed by atoms with Gasteiger partial charge in [-0.25, -0.2) is 21.6 Å². The summed E-state index contributed by atoms with van der Waals surface area (Å²) < 4.78 is 67.3. The van der Waals surface area contributed by atoms with E-state index in [2.05, 4.69) is 5.10 Å². The molecular weight excluding hydrogens is 307 g/mol. The van der Waals surface area contributed by atoms with E-state index in [4.69, 9.17) is 0 Å². The summed E-state index contributed by atoms with van der Waals surface area (Å²) >= 11 is 0. The Kier molecular flexibility index (Phi) is 3.70. The third-order valence-electron chi connectivity index (χ3n) is 2.99. The van der Waals surface area contributed by atoms with E-state index in [1.54, 1.807) is 7.05 Å². The molecule has 0 radical (unpaired) electrons. The van der Waals surface area contributed by atoms with Crippen molar-refractivity contribution in [2.75, 3.05) is 4.72 Å². The Balaban J connectivity index is 2.50. The highest BCUT2D eigenvalue weighted by Gasteiger charge is 2.26. The van der Waals surface area contributed by atoms with Gasteiger partial charge in [-0.3, -0.25) is 9.40 Å². The summed E-state index contributed by atoms with van der Waals surface area (Å²) in [6, 6.07) is 1.45. The Morgan fingerprint density at radius 2 is 1.76 bits per heavy atom. The molecule has 21 heavy (non-hydrogen) atoms. The number of sulfonamides is 1. The minimum atomic E-state index is -4.17. The summed E-state index contributed by atoms with van der Waals surface area (Å²) in [4.78, 5) is -0.130. The molecule has 0 aliphatic heterocycles. The van der Waals surface area contributed by atoms with Crippen molar-refractivity contribution in [2.45, 2.75) is 18.7 Å². The summed E-state index contributed by atoms with van der Waals surface area (Å²) in [5.74, 6) is -4.74. The van der Waals surface area contributed by atoms with Crippen LogP contribution in [0.3, 0.4) is 0 Å². The first-order valence-corrected chi connectivity index (χ1v) is 7.30. The quantitative estimate of drug-likeness (QED) is 0.883. The molecule has 114 valence electrons. The van der Waals surface area contributed by atoms with Crippen LogP contribution >= 0.6 is 0 Å². The predicted octanol–water partition coefficient (Wildman–Crippen LogP) is 2.26. The van der Waals surface area contributed by atoms with Gasteiger partial charge in [0.2, 0.25) is 0 Å². The van der Waals surface area contributed by atoms with Crippen molar-refractivity contribution < 1.29 is 21.6 Å². The van der Waals surface area contributed by atoms with Gasteiger partial charge in [-0.2, -0.15) is 5.10 Å². The van der Waals surface area contributed by atoms with E-state index in [1.807, 2.05) is 4.72 Å². The average molecular weight is 319 g/mol. The van der Waals surface area contributed by atoms with Crippen LogP contribution in [-0.4, -0.2) is 18.2 Å². The SMILES string of the molecule is Cc1nn(C)c(C)c1S(=O)(=O)Nc1ccc(F)c(F)c1F. The van der Waals surface area contributed by atoms with Crippen LogP contribution in [0.15, 0.2) is 17.0 Å². The zero-order valence-electron chi connectivity index (χ0n) is 11.4. The maximum absolute atomic E-state index is 13.6. The van der Waals surface area contributed by atoms with Crippen LogP contribution in [-0.2, 0) is 17.1 Å². The molecule has 0 atom stereocenters. The van der Waals surface area contributed by atoms with Gasteiger partial charge in [0, 0.05) is 7.05 Å². The van der Waals surface area contributed by atoms with E-state index < -0.39 is 33.2 Å². The van der Waals surface area contributed by atoms with Gasteiger partial charge < -0.3 is 0 Å². The van der Waals surface area contributed by atoms with Crippen LogP contribution in [0.25, 0.3) is 0 Å². The number of anilines is 1. The molecule has 0 fully saturated rings. The van der Waals surface area contributed by atoms with Gasteiger partial charge in [0.05, 0.1) is 17.1 Å². The van der Waals surface area contributed by atoms with Crippen LogP contribution in [0.5, 0.6) is 0 Å². The Morgan fingerprint density at radius 1 is 1.14 bits per heavy atom. The second-order valence-electron chi connectivity index (χ2n) is 4.45. The van der Waals surface area contributed by atoms with E-state index >= 15 is 0 Å². The first-order valence-electron chi connectivity index (χ1n) is 5.81. The van der Waals surface area contributed by atoms with Crippen LogP contribution in [0.2, 0.25) is 0 Å². The van der Waals surface area contributed by atoms with E-state index in [-0.39, 0.29) is 10.6 Å². The average Bonchev–Trinajstić information content (AvgIpc) is 2.64. The maximum Gasteiger partial charge on any atom is 0.265 e. The molecule has 1 aromatic heterocycles. The van der Waals surface area contributed by atoms with Crippen molar-refractivity contribution in [1.29, 1.82) is 0 Å². The fourth-order valence-electron chi connectivity index (χ4n) is 1.94. The van der Waals surface area contributed by atoms with Crippen LogP contribution in [0.4, 0.5) is 18.9 Å². The second-order valence-corrected chi connectivity index (χ2v) is 6.07. The van der Waals surface area contributed by atoms with E-state index in [9.17, 15) is 21.6 Å². The molecule has 9 heteroatoms. The largest absolute Gasteiger partial charge is 0.276 e. The Morgan fingerprint density at radius 3 is 2.29 bits per heavy atom. The van der Waals surface area contributed by atoms with E-state index in [0.717, 1.165) is 6.07 Å². The first-order chi connectivity index (χ1) is 9.65. The standard InChI is InChI=1S/C12H12F3N3O2S/c1-6-12(7(2)18(3)16-6)21(19,20)17-9-5-4-8(13)10(14)11(9)15/h4-5,17H,1-3H3. The molecule has 2 aromatic rings. The lowest BCUT2D eigenvalue weighted by molar-refractivity contribution is 0.449. The second kappa shape index (κ2) is 5.06. The number of rotatable bonds is 3. The Labute approximate surface area is 119 Å². The number of nitrogens with one attached hydrogen (secondary N) is 1. The molecule has 1 aromatic carbocycles. The van der Waals surface area contributed by atoms with E-state index in [1.165, 1.54) is 18.5 Å². The van der Waals surface area contributed by atoms with Crippen molar-refractivity contribution >= 4 is 15.7 Å². The highest BCUT2D eigenvalue weighted by Crippen LogP contribution is 2.25. The van der Waals surface area contributed by atoms with Crippen molar-refractivity contribution in [2.24, 2.45) is 7.05 Å². The van der Waals surface area contributed by atoms with Gasteiger partial charge in [-0.1, -0.05) is 0 Å². The summed E-state index contributed by atoms with van der Waals surface area (Å²) in [5.41, 5.74) is -0.120. The molecule has 1 N–H and O–H groups in total. The fourth-order valence-corrected chi connectivity index (χ4v) is 3.44. The van der Waals surface area contributed by atoms with Gasteiger partial charge in [-0.05, 0) is 26.0 Å². The highest BCUT2D eigenvalue weighted by atomic mass is 32.2. The fraction of sp³-hybridized carbons (Fsp3) is 0.250. The number of aromatic nitrogens is 2. The Bertz CT molecular complexity index is 816. The van der Waals surface area contributed by atoms with Gasteiger partial charge in [0.1, 0.15) is 4.90 Å².